The van der Waals surface area contributed by atoms with Crippen LogP contribution in [0.5, 0.6) is 0 Å². The number of carbonyl (C=O) groups is 2. The van der Waals surface area contributed by atoms with Crippen molar-refractivity contribution >= 4 is 19.8 Å². The Labute approximate surface area is 550 Å². The van der Waals surface area contributed by atoms with E-state index < -0.39 is 26.5 Å². The number of hydrogen-bond acceptors (Lipinski definition) is 8. The van der Waals surface area contributed by atoms with E-state index in [1.54, 1.807) is 0 Å². The van der Waals surface area contributed by atoms with Crippen LogP contribution in [0, 0.1) is 0 Å². The SMILES string of the molecule is CC/C=C\C/C=C\C/C=C\C/C=C\C/C=C\C/C=C\C/C=C\CCCCCCCCCCCCCCCC(=O)OC(COC(=O)CCCCCCCCCCCCCCCCCCCCCCC/C=C\CCCCCCCCCC)COP(=O)(O)OCCN. The maximum Gasteiger partial charge on any atom is 0.472 e. The molecule has 0 saturated heterocycles. The van der Waals surface area contributed by atoms with Crippen molar-refractivity contribution < 1.29 is 37.6 Å². The molecular weight excluding hydrogens is 1120 g/mol. The third-order valence-electron chi connectivity index (χ3n) is 16.5. The van der Waals surface area contributed by atoms with Crippen LogP contribution in [0.3, 0.4) is 0 Å². The molecule has 0 amide bonds. The van der Waals surface area contributed by atoms with Crippen LogP contribution >= 0.6 is 7.82 Å². The molecule has 516 valence electrons. The third-order valence-corrected chi connectivity index (χ3v) is 17.4. The predicted octanol–water partition coefficient (Wildman–Crippen LogP) is 25.1. The summed E-state index contributed by atoms with van der Waals surface area (Å²) < 4.78 is 33.2. The molecule has 0 aliphatic heterocycles. The molecule has 0 saturated carbocycles. The Balaban J connectivity index is 3.84. The van der Waals surface area contributed by atoms with Gasteiger partial charge >= 0.3 is 19.8 Å². The van der Waals surface area contributed by atoms with Crippen molar-refractivity contribution in [2.45, 2.75) is 367 Å². The molecule has 0 rings (SSSR count). The molecule has 89 heavy (non-hydrogen) atoms. The summed E-state index contributed by atoms with van der Waals surface area (Å²) in [5.41, 5.74) is 5.41. The number of hydrogen-bond donors (Lipinski definition) is 2. The minimum Gasteiger partial charge on any atom is -0.462 e. The minimum atomic E-state index is -4.40. The Bertz CT molecular complexity index is 1780. The van der Waals surface area contributed by atoms with E-state index in [0.717, 1.165) is 83.5 Å². The average Bonchev–Trinajstić information content (AvgIpc) is 3.66. The van der Waals surface area contributed by atoms with Crippen LogP contribution in [0.2, 0.25) is 0 Å². The molecule has 0 fully saturated rings. The topological polar surface area (TPSA) is 134 Å². The van der Waals surface area contributed by atoms with Crippen molar-refractivity contribution in [1.29, 1.82) is 0 Å². The molecule has 0 heterocycles. The zero-order chi connectivity index (χ0) is 64.4. The summed E-state index contributed by atoms with van der Waals surface area (Å²) in [6, 6.07) is 0. The van der Waals surface area contributed by atoms with Crippen molar-refractivity contribution in [3.8, 4) is 0 Å². The zero-order valence-electron chi connectivity index (χ0n) is 58.2. The second kappa shape index (κ2) is 74.0. The van der Waals surface area contributed by atoms with Gasteiger partial charge in [0, 0.05) is 19.4 Å². The standard InChI is InChI=1S/C79H142NO8P/c1-3-5-7-9-11-13-15-17-19-21-23-25-27-29-31-33-35-37-38-40-42-44-46-48-50-52-54-56-58-60-62-64-66-68-70-72-79(82)88-77(76-87-89(83,84)86-74-73-80)75-85-78(81)71-69-67-65-63-61-59-57-55-53-51-49-47-45-43-41-39-36-34-32-30-28-26-24-22-20-18-16-14-12-10-8-6-4-2/h5,7,11,13,17,19,22-25,29,31,35,37,40,42,77H,3-4,6,8-10,12,14-16,18,20-21,26-28,30,32-34,36,38-39,41,43-76,80H2,1-2H3,(H,83,84)/b7-5-,13-11-,19-17-,24-22-,25-23-,31-29-,37-35-,42-40-. The monoisotopic (exact) mass is 1260 g/mol. The van der Waals surface area contributed by atoms with Gasteiger partial charge in [0.15, 0.2) is 6.10 Å². The summed E-state index contributed by atoms with van der Waals surface area (Å²) in [5, 5.41) is 0. The number of phosphoric acid groups is 1. The van der Waals surface area contributed by atoms with Gasteiger partial charge in [0.2, 0.25) is 0 Å². The Hall–Kier alpha value is -3.07. The van der Waals surface area contributed by atoms with Gasteiger partial charge in [-0.25, -0.2) is 4.57 Å². The number of ether oxygens (including phenoxy) is 2. The van der Waals surface area contributed by atoms with Crippen LogP contribution in [-0.4, -0.2) is 49.3 Å². The second-order valence-electron chi connectivity index (χ2n) is 25.1. The molecule has 0 aromatic carbocycles. The fourth-order valence-electron chi connectivity index (χ4n) is 10.9. The summed E-state index contributed by atoms with van der Waals surface area (Å²) in [6.07, 6.45) is 101. The van der Waals surface area contributed by atoms with Gasteiger partial charge in [0.1, 0.15) is 6.61 Å². The second-order valence-corrected chi connectivity index (χ2v) is 26.6. The van der Waals surface area contributed by atoms with E-state index in [1.165, 1.54) is 244 Å². The molecule has 9 nitrogen and oxygen atoms in total. The molecule has 2 unspecified atom stereocenters. The lowest BCUT2D eigenvalue weighted by Gasteiger charge is -2.19. The summed E-state index contributed by atoms with van der Waals surface area (Å²) in [6.45, 7) is 3.68. The average molecular weight is 1260 g/mol. The van der Waals surface area contributed by atoms with E-state index >= 15 is 0 Å². The molecule has 0 aliphatic rings. The third kappa shape index (κ3) is 73.9. The predicted molar refractivity (Wildman–Crippen MR) is 385 cm³/mol. The normalized spacial score (nSPS) is 13.4. The van der Waals surface area contributed by atoms with Gasteiger partial charge in [-0.15, -0.1) is 0 Å². The van der Waals surface area contributed by atoms with E-state index in [2.05, 4.69) is 111 Å². The van der Waals surface area contributed by atoms with E-state index in [1.807, 2.05) is 0 Å². The highest BCUT2D eigenvalue weighted by Gasteiger charge is 2.26. The molecule has 0 aromatic rings. The number of phosphoric ester groups is 1. The van der Waals surface area contributed by atoms with Crippen molar-refractivity contribution in [3.63, 3.8) is 0 Å². The lowest BCUT2D eigenvalue weighted by molar-refractivity contribution is -0.161. The van der Waals surface area contributed by atoms with Crippen molar-refractivity contribution in [1.82, 2.24) is 0 Å². The van der Waals surface area contributed by atoms with Crippen molar-refractivity contribution in [3.05, 3.63) is 97.2 Å². The van der Waals surface area contributed by atoms with Crippen LogP contribution in [0.25, 0.3) is 0 Å². The number of unbranched alkanes of at least 4 members (excludes halogenated alkanes) is 42. The summed E-state index contributed by atoms with van der Waals surface area (Å²) in [7, 11) is -4.40. The van der Waals surface area contributed by atoms with Gasteiger partial charge in [0.05, 0.1) is 13.2 Å². The molecular formula is C79H142NO8P. The van der Waals surface area contributed by atoms with Crippen LogP contribution in [0.1, 0.15) is 361 Å². The first-order valence-corrected chi connectivity index (χ1v) is 39.2. The summed E-state index contributed by atoms with van der Waals surface area (Å²) >= 11 is 0. The first kappa shape index (κ1) is 85.9. The Morgan fingerprint density at radius 2 is 0.618 bits per heavy atom. The fourth-order valence-corrected chi connectivity index (χ4v) is 11.7. The maximum atomic E-state index is 12.8. The number of allylic oxidation sites excluding steroid dienone is 16. The number of rotatable bonds is 71. The molecule has 3 N–H and O–H groups in total. The lowest BCUT2D eigenvalue weighted by Crippen LogP contribution is -2.29. The molecule has 0 radical (unpaired) electrons. The van der Waals surface area contributed by atoms with E-state index in [0.29, 0.717) is 6.42 Å². The quantitative estimate of drug-likeness (QED) is 0.0264. The Morgan fingerprint density at radius 1 is 0.348 bits per heavy atom. The smallest absolute Gasteiger partial charge is 0.462 e. The molecule has 0 aliphatic carbocycles. The Morgan fingerprint density at radius 3 is 0.933 bits per heavy atom. The summed E-state index contributed by atoms with van der Waals surface area (Å²) in [5.74, 6) is -0.816. The van der Waals surface area contributed by atoms with Gasteiger partial charge in [-0.2, -0.15) is 0 Å². The van der Waals surface area contributed by atoms with Crippen LogP contribution in [-0.2, 0) is 32.7 Å². The first-order chi connectivity index (χ1) is 43.8. The van der Waals surface area contributed by atoms with Crippen LogP contribution in [0.15, 0.2) is 97.2 Å². The highest BCUT2D eigenvalue weighted by molar-refractivity contribution is 7.47. The minimum absolute atomic E-state index is 0.0517. The fraction of sp³-hybridized carbons (Fsp3) is 0.772. The largest absolute Gasteiger partial charge is 0.472 e. The highest BCUT2D eigenvalue weighted by atomic mass is 31.2. The number of esters is 2. The molecule has 0 spiro atoms. The summed E-state index contributed by atoms with van der Waals surface area (Å²) in [4.78, 5) is 35.4. The van der Waals surface area contributed by atoms with Gasteiger partial charge in [0.25, 0.3) is 0 Å². The van der Waals surface area contributed by atoms with Crippen molar-refractivity contribution in [2.24, 2.45) is 5.73 Å². The van der Waals surface area contributed by atoms with Gasteiger partial charge in [-0.3, -0.25) is 18.6 Å². The van der Waals surface area contributed by atoms with Crippen LogP contribution in [0.4, 0.5) is 0 Å². The van der Waals surface area contributed by atoms with E-state index in [-0.39, 0.29) is 38.6 Å². The molecule has 10 heteroatoms. The van der Waals surface area contributed by atoms with E-state index in [4.69, 9.17) is 24.3 Å². The zero-order valence-corrected chi connectivity index (χ0v) is 59.1. The lowest BCUT2D eigenvalue weighted by atomic mass is 10.0. The number of nitrogens with two attached hydrogens (primary N) is 1. The number of carbonyl (C=O) groups excluding carboxylic acids is 2. The van der Waals surface area contributed by atoms with Gasteiger partial charge < -0.3 is 20.1 Å². The van der Waals surface area contributed by atoms with Crippen LogP contribution < -0.4 is 5.73 Å². The first-order valence-electron chi connectivity index (χ1n) is 37.7. The van der Waals surface area contributed by atoms with E-state index in [9.17, 15) is 19.0 Å². The Kier molecular flexibility index (Phi) is 71.4. The van der Waals surface area contributed by atoms with Gasteiger partial charge in [-0.1, -0.05) is 349 Å². The maximum absolute atomic E-state index is 12.8. The molecule has 0 aromatic heterocycles. The molecule has 0 bridgehead atoms. The van der Waals surface area contributed by atoms with Crippen molar-refractivity contribution in [2.75, 3.05) is 26.4 Å². The molecule has 2 atom stereocenters. The van der Waals surface area contributed by atoms with Gasteiger partial charge in [-0.05, 0) is 96.3 Å². The highest BCUT2D eigenvalue weighted by Crippen LogP contribution is 2.43.